The smallest absolute Gasteiger partial charge is 0.222 e. The second kappa shape index (κ2) is 7.50. The molecule has 0 aromatic rings. The highest BCUT2D eigenvalue weighted by Gasteiger charge is 2.26. The Morgan fingerprint density at radius 3 is 2.25 bits per heavy atom. The normalized spacial score (nSPS) is 23.6. The molecule has 0 spiro atoms. The number of piperidine rings is 1. The minimum absolute atomic E-state index is 0.127. The van der Waals surface area contributed by atoms with Crippen LogP contribution in [0.3, 0.4) is 0 Å². The quantitative estimate of drug-likeness (QED) is 0.274. The van der Waals surface area contributed by atoms with Gasteiger partial charge in [-0.3, -0.25) is 4.79 Å². The van der Waals surface area contributed by atoms with Crippen molar-refractivity contribution in [2.24, 2.45) is 22.7 Å². The van der Waals surface area contributed by atoms with Crippen molar-refractivity contribution in [1.29, 1.82) is 0 Å². The van der Waals surface area contributed by atoms with Gasteiger partial charge >= 0.3 is 0 Å². The molecular weight excluding hydrogens is 254 g/mol. The molecule has 1 heterocycles. The number of carbonyl (C=O) groups is 1. The van der Waals surface area contributed by atoms with Crippen molar-refractivity contribution in [2.45, 2.75) is 57.8 Å². The van der Waals surface area contributed by atoms with Gasteiger partial charge in [-0.15, -0.1) is 0 Å². The van der Waals surface area contributed by atoms with Gasteiger partial charge in [0.1, 0.15) is 5.84 Å². The largest absolute Gasteiger partial charge is 0.409 e. The van der Waals surface area contributed by atoms with E-state index in [1.807, 2.05) is 4.90 Å². The van der Waals surface area contributed by atoms with Crippen LogP contribution in [0.25, 0.3) is 0 Å². The van der Waals surface area contributed by atoms with Crippen molar-refractivity contribution >= 4 is 11.7 Å². The van der Waals surface area contributed by atoms with Crippen LogP contribution in [0.15, 0.2) is 5.16 Å². The van der Waals surface area contributed by atoms with Gasteiger partial charge in [0.15, 0.2) is 0 Å². The lowest BCUT2D eigenvalue weighted by atomic mass is 9.93. The number of oxime groups is 1. The molecule has 114 valence electrons. The third kappa shape index (κ3) is 4.12. The molecule has 1 saturated carbocycles. The van der Waals surface area contributed by atoms with Gasteiger partial charge in [-0.25, -0.2) is 0 Å². The zero-order chi connectivity index (χ0) is 14.4. The van der Waals surface area contributed by atoms with Gasteiger partial charge in [0, 0.05) is 25.4 Å². The number of hydrogen-bond acceptors (Lipinski definition) is 3. The molecule has 5 heteroatoms. The number of amides is 1. The van der Waals surface area contributed by atoms with Gasteiger partial charge in [0.05, 0.1) is 0 Å². The fourth-order valence-electron chi connectivity index (χ4n) is 3.45. The SMILES string of the molecule is NC(=NO)C1CCN(C(=O)CC2CCCCCC2)CC1. The summed E-state index contributed by atoms with van der Waals surface area (Å²) < 4.78 is 0. The molecule has 20 heavy (non-hydrogen) atoms. The summed E-state index contributed by atoms with van der Waals surface area (Å²) in [7, 11) is 0. The van der Waals surface area contributed by atoms with Crippen LogP contribution in [0.4, 0.5) is 0 Å². The number of amidine groups is 1. The van der Waals surface area contributed by atoms with Crippen molar-refractivity contribution in [2.75, 3.05) is 13.1 Å². The van der Waals surface area contributed by atoms with Crippen LogP contribution in [-0.4, -0.2) is 34.9 Å². The molecule has 3 N–H and O–H groups in total. The summed E-state index contributed by atoms with van der Waals surface area (Å²) in [6.07, 6.45) is 9.99. The van der Waals surface area contributed by atoms with Crippen molar-refractivity contribution in [3.8, 4) is 0 Å². The summed E-state index contributed by atoms with van der Waals surface area (Å²) in [5.74, 6) is 1.32. The van der Waals surface area contributed by atoms with E-state index in [2.05, 4.69) is 5.16 Å². The molecule has 1 saturated heterocycles. The second-order valence-electron chi connectivity index (χ2n) is 6.24. The number of likely N-dealkylation sites (tertiary alicyclic amines) is 1. The summed E-state index contributed by atoms with van der Waals surface area (Å²) in [6.45, 7) is 1.48. The lowest BCUT2D eigenvalue weighted by molar-refractivity contribution is -0.133. The maximum atomic E-state index is 12.3. The first-order chi connectivity index (χ1) is 9.70. The average molecular weight is 281 g/mol. The number of hydrogen-bond donors (Lipinski definition) is 2. The van der Waals surface area contributed by atoms with Crippen molar-refractivity contribution < 1.29 is 10.0 Å². The predicted octanol–water partition coefficient (Wildman–Crippen LogP) is 2.33. The van der Waals surface area contributed by atoms with Crippen molar-refractivity contribution in [1.82, 2.24) is 4.90 Å². The molecule has 1 amide bonds. The van der Waals surface area contributed by atoms with E-state index in [-0.39, 0.29) is 5.92 Å². The Morgan fingerprint density at radius 1 is 1.10 bits per heavy atom. The summed E-state index contributed by atoms with van der Waals surface area (Å²) >= 11 is 0. The standard InChI is InChI=1S/C15H27N3O2/c16-15(17-20)13-7-9-18(10-8-13)14(19)11-12-5-3-1-2-4-6-12/h12-13,20H,1-11H2,(H2,16,17). The first kappa shape index (κ1) is 15.1. The van der Waals surface area contributed by atoms with Crippen LogP contribution in [0.1, 0.15) is 57.8 Å². The molecule has 1 aliphatic heterocycles. The monoisotopic (exact) mass is 281 g/mol. The highest BCUT2D eigenvalue weighted by atomic mass is 16.4. The summed E-state index contributed by atoms with van der Waals surface area (Å²) in [5, 5.41) is 11.8. The molecule has 0 aromatic carbocycles. The zero-order valence-electron chi connectivity index (χ0n) is 12.3. The fourth-order valence-corrected chi connectivity index (χ4v) is 3.45. The maximum absolute atomic E-state index is 12.3. The van der Waals surface area contributed by atoms with Gasteiger partial charge in [-0.05, 0) is 31.6 Å². The molecule has 0 unspecified atom stereocenters. The summed E-state index contributed by atoms with van der Waals surface area (Å²) in [6, 6.07) is 0. The zero-order valence-corrected chi connectivity index (χ0v) is 12.3. The molecule has 2 fully saturated rings. The third-order valence-corrected chi connectivity index (χ3v) is 4.82. The summed E-state index contributed by atoms with van der Waals surface area (Å²) in [4.78, 5) is 14.3. The highest BCUT2D eigenvalue weighted by molar-refractivity contribution is 5.83. The Kier molecular flexibility index (Phi) is 5.68. The minimum atomic E-state index is 0.127. The third-order valence-electron chi connectivity index (χ3n) is 4.82. The van der Waals surface area contributed by atoms with Crippen LogP contribution in [0.5, 0.6) is 0 Å². The molecule has 0 radical (unpaired) electrons. The number of nitrogens with two attached hydrogens (primary N) is 1. The fraction of sp³-hybridized carbons (Fsp3) is 0.867. The Balaban J connectivity index is 1.76. The second-order valence-corrected chi connectivity index (χ2v) is 6.24. The van der Waals surface area contributed by atoms with E-state index < -0.39 is 0 Å². The minimum Gasteiger partial charge on any atom is -0.409 e. The lowest BCUT2D eigenvalue weighted by Gasteiger charge is -2.32. The van der Waals surface area contributed by atoms with E-state index >= 15 is 0 Å². The van der Waals surface area contributed by atoms with Crippen LogP contribution in [0.2, 0.25) is 0 Å². The molecular formula is C15H27N3O2. The van der Waals surface area contributed by atoms with Gasteiger partial charge in [-0.1, -0.05) is 30.8 Å². The molecule has 1 aliphatic carbocycles. The van der Waals surface area contributed by atoms with E-state index in [1.165, 1.54) is 38.5 Å². The Bertz CT molecular complexity index is 341. The van der Waals surface area contributed by atoms with E-state index in [0.717, 1.165) is 25.9 Å². The molecule has 5 nitrogen and oxygen atoms in total. The Hall–Kier alpha value is -1.26. The van der Waals surface area contributed by atoms with Crippen LogP contribution in [-0.2, 0) is 4.79 Å². The highest BCUT2D eigenvalue weighted by Crippen LogP contribution is 2.27. The first-order valence-electron chi connectivity index (χ1n) is 7.96. The first-order valence-corrected chi connectivity index (χ1v) is 7.96. The number of rotatable bonds is 3. The Labute approximate surface area is 121 Å². The molecule has 0 bridgehead atoms. The van der Waals surface area contributed by atoms with Gasteiger partial charge in [-0.2, -0.15) is 0 Å². The maximum Gasteiger partial charge on any atom is 0.222 e. The van der Waals surface area contributed by atoms with E-state index in [0.29, 0.717) is 24.1 Å². The van der Waals surface area contributed by atoms with E-state index in [1.54, 1.807) is 0 Å². The molecule has 2 aliphatic rings. The van der Waals surface area contributed by atoms with E-state index in [4.69, 9.17) is 10.9 Å². The van der Waals surface area contributed by atoms with Crippen LogP contribution >= 0.6 is 0 Å². The Morgan fingerprint density at radius 2 is 1.70 bits per heavy atom. The molecule has 0 aromatic heterocycles. The topological polar surface area (TPSA) is 78.9 Å². The van der Waals surface area contributed by atoms with Crippen molar-refractivity contribution in [3.63, 3.8) is 0 Å². The van der Waals surface area contributed by atoms with Crippen molar-refractivity contribution in [3.05, 3.63) is 0 Å². The molecule has 0 atom stereocenters. The van der Waals surface area contributed by atoms with Crippen LogP contribution < -0.4 is 5.73 Å². The number of carbonyl (C=O) groups excluding carboxylic acids is 1. The number of nitrogens with zero attached hydrogens (tertiary/aromatic N) is 2. The molecule has 2 rings (SSSR count). The predicted molar refractivity (Wildman–Crippen MR) is 78.5 cm³/mol. The van der Waals surface area contributed by atoms with Gasteiger partial charge in [0.25, 0.3) is 0 Å². The van der Waals surface area contributed by atoms with Gasteiger partial charge < -0.3 is 15.8 Å². The van der Waals surface area contributed by atoms with Gasteiger partial charge in [0.2, 0.25) is 5.91 Å². The van der Waals surface area contributed by atoms with E-state index in [9.17, 15) is 4.79 Å². The average Bonchev–Trinajstić information content (AvgIpc) is 2.75. The lowest BCUT2D eigenvalue weighted by Crippen LogP contribution is -2.42. The summed E-state index contributed by atoms with van der Waals surface area (Å²) in [5.41, 5.74) is 5.63. The van der Waals surface area contributed by atoms with Crippen LogP contribution in [0, 0.1) is 11.8 Å².